The van der Waals surface area contributed by atoms with Gasteiger partial charge >= 0.3 is 0 Å². The first-order chi connectivity index (χ1) is 12.7. The van der Waals surface area contributed by atoms with Crippen molar-refractivity contribution in [3.05, 3.63) is 48.0 Å². The van der Waals surface area contributed by atoms with Crippen LogP contribution in [0.5, 0.6) is 0 Å². The Morgan fingerprint density at radius 1 is 1.19 bits per heavy atom. The minimum absolute atomic E-state index is 0.0800. The van der Waals surface area contributed by atoms with E-state index in [4.69, 9.17) is 0 Å². The maximum absolute atomic E-state index is 12.8. The highest BCUT2D eigenvalue weighted by Gasteiger charge is 2.36. The largest absolute Gasteiger partial charge is 0.335 e. The van der Waals surface area contributed by atoms with E-state index in [0.717, 1.165) is 39.1 Å². The van der Waals surface area contributed by atoms with Crippen molar-refractivity contribution >= 4 is 5.91 Å². The Bertz CT molecular complexity index is 744. The first kappa shape index (κ1) is 17.2. The van der Waals surface area contributed by atoms with Crippen LogP contribution in [0, 0.1) is 12.8 Å². The predicted molar refractivity (Wildman–Crippen MR) is 99.8 cm³/mol. The number of aromatic nitrogens is 3. The van der Waals surface area contributed by atoms with E-state index in [1.807, 2.05) is 34.0 Å². The van der Waals surface area contributed by atoms with Crippen LogP contribution in [0.3, 0.4) is 0 Å². The van der Waals surface area contributed by atoms with Gasteiger partial charge in [0.05, 0.1) is 6.20 Å². The lowest BCUT2D eigenvalue weighted by atomic mass is 9.95. The molecule has 2 aromatic rings. The Balaban J connectivity index is 1.36. The van der Waals surface area contributed by atoms with Crippen LogP contribution >= 0.6 is 0 Å². The van der Waals surface area contributed by atoms with Crippen LogP contribution in [-0.2, 0) is 6.54 Å². The third kappa shape index (κ3) is 3.80. The standard InChI is InChI=1S/C20H27N5O/c1-16-11-22-25(12-16)10-4-9-23-13-17-6-7-18(23)15-24(14-17)20(26)19-5-2-3-8-21-19/h2-3,5,8,11-12,17-18H,4,6-7,9-10,13-15H2,1H3/t17-,18-/m0/s1. The third-order valence-corrected chi connectivity index (χ3v) is 5.59. The van der Waals surface area contributed by atoms with Crippen LogP contribution < -0.4 is 0 Å². The van der Waals surface area contributed by atoms with Gasteiger partial charge in [0.1, 0.15) is 5.69 Å². The van der Waals surface area contributed by atoms with Gasteiger partial charge in [-0.2, -0.15) is 5.10 Å². The van der Waals surface area contributed by atoms with Crippen LogP contribution in [0.4, 0.5) is 0 Å². The molecule has 138 valence electrons. The highest BCUT2D eigenvalue weighted by Crippen LogP contribution is 2.28. The zero-order valence-electron chi connectivity index (χ0n) is 15.4. The minimum atomic E-state index is 0.0800. The first-order valence-corrected chi connectivity index (χ1v) is 9.62. The van der Waals surface area contributed by atoms with E-state index in [1.54, 1.807) is 6.20 Å². The van der Waals surface area contributed by atoms with Crippen molar-refractivity contribution in [3.63, 3.8) is 0 Å². The predicted octanol–water partition coefficient (Wildman–Crippen LogP) is 2.21. The Labute approximate surface area is 154 Å². The number of carbonyl (C=O) groups is 1. The summed E-state index contributed by atoms with van der Waals surface area (Å²) < 4.78 is 2.03. The molecule has 3 fully saturated rings. The second kappa shape index (κ2) is 7.58. The number of piperidine rings is 1. The van der Waals surface area contributed by atoms with E-state index >= 15 is 0 Å². The topological polar surface area (TPSA) is 54.3 Å². The molecule has 0 radical (unpaired) electrons. The van der Waals surface area contributed by atoms with E-state index in [9.17, 15) is 4.79 Å². The number of fused-ring (bicyclic) bond motifs is 4. The summed E-state index contributed by atoms with van der Waals surface area (Å²) in [6.07, 6.45) is 9.22. The number of carbonyl (C=O) groups excluding carboxylic acids is 1. The molecule has 5 rings (SSSR count). The molecule has 6 heteroatoms. The first-order valence-electron chi connectivity index (χ1n) is 9.62. The molecule has 3 aliphatic heterocycles. The van der Waals surface area contributed by atoms with Crippen LogP contribution in [-0.4, -0.2) is 62.7 Å². The molecule has 0 unspecified atom stereocenters. The highest BCUT2D eigenvalue weighted by atomic mass is 16.2. The summed E-state index contributed by atoms with van der Waals surface area (Å²) in [5.41, 5.74) is 1.77. The second-order valence-corrected chi connectivity index (χ2v) is 7.65. The number of amides is 1. The van der Waals surface area contributed by atoms with Crippen molar-refractivity contribution in [2.24, 2.45) is 5.92 Å². The Kier molecular flexibility index (Phi) is 5.02. The van der Waals surface area contributed by atoms with Crippen molar-refractivity contribution in [3.8, 4) is 0 Å². The van der Waals surface area contributed by atoms with Gasteiger partial charge in [0.25, 0.3) is 5.91 Å². The van der Waals surface area contributed by atoms with Gasteiger partial charge in [0, 0.05) is 51.2 Å². The van der Waals surface area contributed by atoms with Gasteiger partial charge in [-0.15, -0.1) is 0 Å². The average Bonchev–Trinajstić information content (AvgIpc) is 2.88. The molecule has 3 saturated heterocycles. The van der Waals surface area contributed by atoms with Crippen LogP contribution in [0.15, 0.2) is 36.8 Å². The van der Waals surface area contributed by atoms with Crippen molar-refractivity contribution < 1.29 is 4.79 Å². The van der Waals surface area contributed by atoms with Crippen LogP contribution in [0.2, 0.25) is 0 Å². The molecule has 0 aromatic carbocycles. The van der Waals surface area contributed by atoms with Gasteiger partial charge in [0.2, 0.25) is 0 Å². The molecule has 3 aliphatic rings. The minimum Gasteiger partial charge on any atom is -0.335 e. The summed E-state index contributed by atoms with van der Waals surface area (Å²) in [5, 5.41) is 4.37. The molecule has 0 N–H and O–H groups in total. The number of pyridine rings is 1. The quantitative estimate of drug-likeness (QED) is 0.827. The second-order valence-electron chi connectivity index (χ2n) is 7.65. The van der Waals surface area contributed by atoms with Gasteiger partial charge in [-0.05, 0) is 49.8 Å². The fourth-order valence-corrected chi connectivity index (χ4v) is 4.30. The summed E-state index contributed by atoms with van der Waals surface area (Å²) in [4.78, 5) is 21.7. The lowest BCUT2D eigenvalue weighted by Gasteiger charge is -2.36. The van der Waals surface area contributed by atoms with Crippen LogP contribution in [0.1, 0.15) is 35.3 Å². The zero-order chi connectivity index (χ0) is 17.9. The normalized spacial score (nSPS) is 23.2. The average molecular weight is 353 g/mol. The fraction of sp³-hybridized carbons (Fsp3) is 0.550. The van der Waals surface area contributed by atoms with Gasteiger partial charge < -0.3 is 4.90 Å². The maximum atomic E-state index is 12.8. The Morgan fingerprint density at radius 3 is 2.88 bits per heavy atom. The molecular weight excluding hydrogens is 326 g/mol. The lowest BCUT2D eigenvalue weighted by molar-refractivity contribution is 0.0731. The molecule has 2 atom stereocenters. The molecule has 26 heavy (non-hydrogen) atoms. The fourth-order valence-electron chi connectivity index (χ4n) is 4.30. The molecule has 2 bridgehead atoms. The number of aryl methyl sites for hydroxylation is 2. The number of nitrogens with zero attached hydrogens (tertiary/aromatic N) is 5. The smallest absolute Gasteiger partial charge is 0.272 e. The van der Waals surface area contributed by atoms with Crippen LogP contribution in [0.25, 0.3) is 0 Å². The monoisotopic (exact) mass is 353 g/mol. The third-order valence-electron chi connectivity index (χ3n) is 5.59. The van der Waals surface area contributed by atoms with Crippen molar-refractivity contribution in [1.82, 2.24) is 24.6 Å². The molecule has 0 saturated carbocycles. The Morgan fingerprint density at radius 2 is 2.12 bits per heavy atom. The van der Waals surface area contributed by atoms with E-state index in [-0.39, 0.29) is 5.91 Å². The van der Waals surface area contributed by atoms with E-state index in [2.05, 4.69) is 28.1 Å². The van der Waals surface area contributed by atoms with Gasteiger partial charge in [-0.25, -0.2) is 0 Å². The molecule has 5 heterocycles. The van der Waals surface area contributed by atoms with E-state index < -0.39 is 0 Å². The van der Waals surface area contributed by atoms with Crippen molar-refractivity contribution in [1.29, 1.82) is 0 Å². The van der Waals surface area contributed by atoms with Gasteiger partial charge in [-0.1, -0.05) is 6.07 Å². The number of rotatable bonds is 5. The molecule has 1 amide bonds. The SMILES string of the molecule is Cc1cnn(CCCN2C[C@@H]3CC[C@H]2CN(C(=O)c2ccccn2)C3)c1. The molecule has 0 aliphatic carbocycles. The highest BCUT2D eigenvalue weighted by molar-refractivity contribution is 5.92. The van der Waals surface area contributed by atoms with E-state index in [1.165, 1.54) is 18.4 Å². The molecule has 2 aromatic heterocycles. The number of hydrogen-bond donors (Lipinski definition) is 0. The summed E-state index contributed by atoms with van der Waals surface area (Å²) in [7, 11) is 0. The lowest BCUT2D eigenvalue weighted by Crippen LogP contribution is -2.45. The summed E-state index contributed by atoms with van der Waals surface area (Å²) in [5.74, 6) is 0.657. The Hall–Kier alpha value is -2.21. The van der Waals surface area contributed by atoms with E-state index in [0.29, 0.717) is 17.7 Å². The van der Waals surface area contributed by atoms with Crippen molar-refractivity contribution in [2.75, 3.05) is 26.2 Å². The molecule has 6 nitrogen and oxygen atoms in total. The number of hydrogen-bond acceptors (Lipinski definition) is 4. The summed E-state index contributed by atoms with van der Waals surface area (Å²) >= 11 is 0. The molecular formula is C20H27N5O. The van der Waals surface area contributed by atoms with Gasteiger partial charge in [-0.3, -0.25) is 19.4 Å². The van der Waals surface area contributed by atoms with Crippen molar-refractivity contribution in [2.45, 2.75) is 38.8 Å². The summed E-state index contributed by atoms with van der Waals surface area (Å²) in [6.45, 7) is 6.90. The molecule has 0 spiro atoms. The van der Waals surface area contributed by atoms with Gasteiger partial charge in [0.15, 0.2) is 0 Å². The maximum Gasteiger partial charge on any atom is 0.272 e. The zero-order valence-corrected chi connectivity index (χ0v) is 15.4. The summed E-state index contributed by atoms with van der Waals surface area (Å²) in [6, 6.07) is 6.03.